The lowest BCUT2D eigenvalue weighted by atomic mass is 9.73. The van der Waals surface area contributed by atoms with Gasteiger partial charge < -0.3 is 5.32 Å². The summed E-state index contributed by atoms with van der Waals surface area (Å²) >= 11 is 2.48. The summed E-state index contributed by atoms with van der Waals surface area (Å²) in [5.41, 5.74) is 0.685. The summed E-state index contributed by atoms with van der Waals surface area (Å²) in [6.07, 6.45) is 5.66. The first-order valence-electron chi connectivity index (χ1n) is 4.92. The van der Waals surface area contributed by atoms with Crippen molar-refractivity contribution in [3.05, 3.63) is 0 Å². The van der Waals surface area contributed by atoms with Crippen molar-refractivity contribution in [1.82, 2.24) is 8.43 Å². The van der Waals surface area contributed by atoms with Crippen molar-refractivity contribution in [3.8, 4) is 0 Å². The first kappa shape index (κ1) is 9.21. The van der Waals surface area contributed by atoms with Gasteiger partial charge in [0.05, 0.1) is 0 Å². The molecule has 2 rings (SSSR count). The van der Waals surface area contributed by atoms with Gasteiger partial charge in [-0.25, -0.2) is 3.11 Å². The van der Waals surface area contributed by atoms with Crippen LogP contribution in [-0.2, 0) is 0 Å². The first-order valence-corrected chi connectivity index (χ1v) is 5.89. The second-order valence-electron chi connectivity index (χ2n) is 4.20. The first-order chi connectivity index (χ1) is 5.81. The van der Waals surface area contributed by atoms with Crippen LogP contribution in [0.15, 0.2) is 0 Å². The summed E-state index contributed by atoms with van der Waals surface area (Å²) in [5.74, 6) is 0. The molecule has 2 aliphatic heterocycles. The molecule has 1 N–H and O–H groups in total. The smallest absolute Gasteiger partial charge is 0.0201 e. The van der Waals surface area contributed by atoms with Gasteiger partial charge in [0.1, 0.15) is 0 Å². The molecule has 2 nitrogen and oxygen atoms in total. The van der Waals surface area contributed by atoms with Gasteiger partial charge >= 0.3 is 0 Å². The molecule has 0 aromatic carbocycles. The number of hydrogen-bond acceptors (Lipinski definition) is 2. The second kappa shape index (κ2) is 3.80. The van der Waals surface area contributed by atoms with Crippen LogP contribution in [0.3, 0.4) is 0 Å². The number of piperidine rings is 2. The molecule has 2 saturated heterocycles. The van der Waals surface area contributed by atoms with Gasteiger partial charge in [0.25, 0.3) is 0 Å². The molecule has 0 saturated carbocycles. The van der Waals surface area contributed by atoms with E-state index in [1.807, 2.05) is 0 Å². The van der Waals surface area contributed by atoms with Crippen molar-refractivity contribution in [2.45, 2.75) is 25.7 Å². The molecular formula is C9H17IN2. The Balaban J connectivity index is 1.97. The summed E-state index contributed by atoms with van der Waals surface area (Å²) in [6.45, 7) is 5.11. The predicted octanol–water partition coefficient (Wildman–Crippen LogP) is 1.80. The van der Waals surface area contributed by atoms with E-state index in [0.29, 0.717) is 5.41 Å². The van der Waals surface area contributed by atoms with Gasteiger partial charge in [-0.05, 0) is 44.2 Å². The molecule has 2 heterocycles. The molecule has 1 spiro atoms. The van der Waals surface area contributed by atoms with E-state index in [1.165, 1.54) is 51.9 Å². The highest BCUT2D eigenvalue weighted by molar-refractivity contribution is 14.1. The maximum atomic E-state index is 3.45. The summed E-state index contributed by atoms with van der Waals surface area (Å²) in [6, 6.07) is 0. The van der Waals surface area contributed by atoms with Crippen LogP contribution in [-0.4, -0.2) is 29.3 Å². The van der Waals surface area contributed by atoms with E-state index in [2.05, 4.69) is 31.3 Å². The lowest BCUT2D eigenvalue weighted by Gasteiger charge is -2.43. The summed E-state index contributed by atoms with van der Waals surface area (Å²) < 4.78 is 2.48. The van der Waals surface area contributed by atoms with Crippen LogP contribution in [0.1, 0.15) is 25.7 Å². The number of nitrogens with zero attached hydrogens (tertiary/aromatic N) is 1. The summed E-state index contributed by atoms with van der Waals surface area (Å²) in [5, 5.41) is 3.45. The fourth-order valence-corrected chi connectivity index (χ4v) is 3.58. The van der Waals surface area contributed by atoms with Crippen molar-refractivity contribution < 1.29 is 0 Å². The molecular weight excluding hydrogens is 263 g/mol. The standard InChI is InChI=1S/C9H17IN2/c10-12-7-1-2-9(8-12)3-5-11-6-4-9/h11H,1-8H2. The van der Waals surface area contributed by atoms with Crippen molar-refractivity contribution in [3.63, 3.8) is 0 Å². The Labute approximate surface area is 88.6 Å². The molecule has 12 heavy (non-hydrogen) atoms. The van der Waals surface area contributed by atoms with E-state index >= 15 is 0 Å². The van der Waals surface area contributed by atoms with Crippen LogP contribution in [0.5, 0.6) is 0 Å². The Hall–Kier alpha value is 0.650. The van der Waals surface area contributed by atoms with Gasteiger partial charge in [0.15, 0.2) is 0 Å². The molecule has 0 amide bonds. The van der Waals surface area contributed by atoms with E-state index in [1.54, 1.807) is 0 Å². The van der Waals surface area contributed by atoms with Crippen LogP contribution in [0.4, 0.5) is 0 Å². The van der Waals surface area contributed by atoms with Crippen LogP contribution in [0.2, 0.25) is 0 Å². The van der Waals surface area contributed by atoms with Gasteiger partial charge in [-0.2, -0.15) is 0 Å². The summed E-state index contributed by atoms with van der Waals surface area (Å²) in [4.78, 5) is 0. The second-order valence-corrected chi connectivity index (χ2v) is 5.56. The zero-order chi connectivity index (χ0) is 8.44. The third kappa shape index (κ3) is 1.93. The molecule has 70 valence electrons. The molecule has 0 radical (unpaired) electrons. The average Bonchev–Trinajstić information content (AvgIpc) is 2.05. The molecule has 0 atom stereocenters. The Bertz CT molecular complexity index is 149. The summed E-state index contributed by atoms with van der Waals surface area (Å²) in [7, 11) is 0. The molecule has 0 aromatic heterocycles. The van der Waals surface area contributed by atoms with Gasteiger partial charge in [0, 0.05) is 36.0 Å². The quantitative estimate of drug-likeness (QED) is 0.537. The molecule has 0 unspecified atom stereocenters. The van der Waals surface area contributed by atoms with E-state index in [-0.39, 0.29) is 0 Å². The Morgan fingerprint density at radius 2 is 1.92 bits per heavy atom. The maximum absolute atomic E-state index is 3.45. The normalized spacial score (nSPS) is 30.8. The highest BCUT2D eigenvalue weighted by atomic mass is 127. The van der Waals surface area contributed by atoms with Crippen molar-refractivity contribution >= 4 is 22.9 Å². The Kier molecular flexibility index (Phi) is 2.92. The average molecular weight is 280 g/mol. The van der Waals surface area contributed by atoms with Gasteiger partial charge in [-0.1, -0.05) is 0 Å². The zero-order valence-electron chi connectivity index (χ0n) is 7.48. The fraction of sp³-hybridized carbons (Fsp3) is 1.00. The SMILES string of the molecule is IN1CCCC2(CCNCC2)C1. The van der Waals surface area contributed by atoms with Crippen LogP contribution in [0.25, 0.3) is 0 Å². The lowest BCUT2D eigenvalue weighted by Crippen LogP contribution is -2.45. The van der Waals surface area contributed by atoms with E-state index in [0.717, 1.165) is 0 Å². The molecule has 3 heteroatoms. The van der Waals surface area contributed by atoms with Crippen molar-refractivity contribution in [2.75, 3.05) is 26.2 Å². The fourth-order valence-electron chi connectivity index (χ4n) is 2.51. The lowest BCUT2D eigenvalue weighted by molar-refractivity contribution is 0.118. The number of nitrogens with one attached hydrogen (secondary N) is 1. The predicted molar refractivity (Wildman–Crippen MR) is 59.4 cm³/mol. The van der Waals surface area contributed by atoms with E-state index in [4.69, 9.17) is 0 Å². The van der Waals surface area contributed by atoms with Gasteiger partial charge in [-0.3, -0.25) is 0 Å². The third-order valence-electron chi connectivity index (χ3n) is 3.28. The van der Waals surface area contributed by atoms with Gasteiger partial charge in [0.2, 0.25) is 0 Å². The van der Waals surface area contributed by atoms with Crippen LogP contribution in [0, 0.1) is 5.41 Å². The van der Waals surface area contributed by atoms with Crippen molar-refractivity contribution in [1.29, 1.82) is 0 Å². The monoisotopic (exact) mass is 280 g/mol. The molecule has 0 bridgehead atoms. The topological polar surface area (TPSA) is 15.3 Å². The van der Waals surface area contributed by atoms with Crippen molar-refractivity contribution in [2.24, 2.45) is 5.41 Å². The molecule has 0 aromatic rings. The maximum Gasteiger partial charge on any atom is 0.0201 e. The van der Waals surface area contributed by atoms with E-state index < -0.39 is 0 Å². The Morgan fingerprint density at radius 1 is 1.17 bits per heavy atom. The minimum Gasteiger partial charge on any atom is -0.317 e. The van der Waals surface area contributed by atoms with Gasteiger partial charge in [-0.15, -0.1) is 0 Å². The molecule has 2 fully saturated rings. The molecule has 2 aliphatic rings. The molecule has 0 aliphatic carbocycles. The highest BCUT2D eigenvalue weighted by Crippen LogP contribution is 2.38. The Morgan fingerprint density at radius 3 is 2.58 bits per heavy atom. The number of hydrogen-bond donors (Lipinski definition) is 1. The van der Waals surface area contributed by atoms with E-state index in [9.17, 15) is 0 Å². The highest BCUT2D eigenvalue weighted by Gasteiger charge is 2.35. The minimum absolute atomic E-state index is 0.685. The minimum atomic E-state index is 0.685. The number of rotatable bonds is 0. The largest absolute Gasteiger partial charge is 0.317 e. The third-order valence-corrected chi connectivity index (χ3v) is 4.10. The van der Waals surface area contributed by atoms with Crippen LogP contribution >= 0.6 is 22.9 Å². The van der Waals surface area contributed by atoms with Crippen LogP contribution < -0.4 is 5.32 Å². The number of halogens is 1. The zero-order valence-corrected chi connectivity index (χ0v) is 9.64.